The first-order valence-electron chi connectivity index (χ1n) is 10.6. The minimum absolute atomic E-state index is 0.341. The van der Waals surface area contributed by atoms with E-state index in [0.717, 1.165) is 37.4 Å². The summed E-state index contributed by atoms with van der Waals surface area (Å²) in [5.41, 5.74) is -4.29. The maximum Gasteiger partial charge on any atom is 0.204 e. The smallest absolute Gasteiger partial charge is 0.204 e. The molecular formula is C27H10F10O. The molecule has 5 aromatic rings. The molecule has 0 saturated carbocycles. The second-order valence-electron chi connectivity index (χ2n) is 8.07. The Kier molecular flexibility index (Phi) is 5.96. The summed E-state index contributed by atoms with van der Waals surface area (Å²) in [5, 5.41) is -2.13. The summed E-state index contributed by atoms with van der Waals surface area (Å²) < 4.78 is 151. The Morgan fingerprint density at radius 3 is 1.37 bits per heavy atom. The Bertz CT molecular complexity index is 1760. The van der Waals surface area contributed by atoms with Gasteiger partial charge in [0, 0.05) is 16.5 Å². The number of hydrogen-bond donors (Lipinski definition) is 0. The van der Waals surface area contributed by atoms with Crippen molar-refractivity contribution in [2.75, 3.05) is 7.11 Å². The number of fused-ring (bicyclic) bond motifs is 2. The number of benzene rings is 5. The van der Waals surface area contributed by atoms with Crippen LogP contribution in [0.2, 0.25) is 0 Å². The van der Waals surface area contributed by atoms with Crippen LogP contribution in [-0.4, -0.2) is 7.11 Å². The lowest BCUT2D eigenvalue weighted by Crippen LogP contribution is -2.07. The summed E-state index contributed by atoms with van der Waals surface area (Å²) in [5.74, 6) is -22.0. The average molecular weight is 540 g/mol. The van der Waals surface area contributed by atoms with Gasteiger partial charge in [0.15, 0.2) is 40.7 Å². The van der Waals surface area contributed by atoms with E-state index in [-0.39, 0.29) is 5.39 Å². The van der Waals surface area contributed by atoms with Gasteiger partial charge in [-0.25, -0.2) is 35.1 Å². The van der Waals surface area contributed by atoms with Crippen molar-refractivity contribution < 1.29 is 48.6 Å². The van der Waals surface area contributed by atoms with Gasteiger partial charge in [-0.3, -0.25) is 0 Å². The Labute approximate surface area is 206 Å². The van der Waals surface area contributed by atoms with Crippen molar-refractivity contribution in [3.63, 3.8) is 0 Å². The summed E-state index contributed by atoms with van der Waals surface area (Å²) in [6.07, 6.45) is 0. The molecule has 0 saturated heterocycles. The molecule has 0 N–H and O–H groups in total. The lowest BCUT2D eigenvalue weighted by Gasteiger charge is -2.20. The van der Waals surface area contributed by atoms with Gasteiger partial charge in [-0.15, -0.1) is 0 Å². The molecule has 0 amide bonds. The maximum absolute atomic E-state index is 15.3. The van der Waals surface area contributed by atoms with Gasteiger partial charge in [0.05, 0.1) is 18.2 Å². The molecule has 0 aliphatic heterocycles. The van der Waals surface area contributed by atoms with Crippen LogP contribution in [0.25, 0.3) is 43.8 Å². The van der Waals surface area contributed by atoms with Crippen LogP contribution in [0.15, 0.2) is 42.5 Å². The highest BCUT2D eigenvalue weighted by molar-refractivity contribution is 6.21. The molecule has 0 aromatic heterocycles. The largest absolute Gasteiger partial charge is 0.491 e. The molecule has 0 unspecified atom stereocenters. The maximum atomic E-state index is 15.3. The third kappa shape index (κ3) is 3.34. The molecule has 0 fully saturated rings. The Morgan fingerprint density at radius 1 is 0.421 bits per heavy atom. The number of halogens is 10. The molecule has 0 atom stereocenters. The van der Waals surface area contributed by atoms with Gasteiger partial charge in [0.2, 0.25) is 17.5 Å². The lowest BCUT2D eigenvalue weighted by molar-refractivity contribution is 0.334. The van der Waals surface area contributed by atoms with Crippen LogP contribution in [0, 0.1) is 58.2 Å². The molecule has 1 nitrogen and oxygen atoms in total. The van der Waals surface area contributed by atoms with E-state index in [1.807, 2.05) is 0 Å². The van der Waals surface area contributed by atoms with Crippen molar-refractivity contribution in [1.29, 1.82) is 0 Å². The highest BCUT2D eigenvalue weighted by atomic mass is 19.2. The van der Waals surface area contributed by atoms with Gasteiger partial charge in [0.25, 0.3) is 0 Å². The highest BCUT2D eigenvalue weighted by Gasteiger charge is 2.33. The number of methoxy groups -OCH3 is 1. The number of hydrogen-bond acceptors (Lipinski definition) is 1. The second kappa shape index (κ2) is 8.93. The van der Waals surface area contributed by atoms with Gasteiger partial charge < -0.3 is 4.74 Å². The lowest BCUT2D eigenvalue weighted by atomic mass is 9.85. The third-order valence-electron chi connectivity index (χ3n) is 6.14. The molecule has 0 aliphatic carbocycles. The normalized spacial score (nSPS) is 11.6. The van der Waals surface area contributed by atoms with Gasteiger partial charge in [-0.05, 0) is 22.2 Å². The molecular weight excluding hydrogens is 530 g/mol. The van der Waals surface area contributed by atoms with E-state index in [4.69, 9.17) is 0 Å². The van der Waals surface area contributed by atoms with E-state index in [1.165, 1.54) is 12.1 Å². The van der Waals surface area contributed by atoms with Crippen molar-refractivity contribution in [1.82, 2.24) is 0 Å². The van der Waals surface area contributed by atoms with E-state index < -0.39 is 102 Å². The fourth-order valence-electron chi connectivity index (χ4n) is 4.55. The van der Waals surface area contributed by atoms with Crippen LogP contribution in [0.5, 0.6) is 5.75 Å². The minimum Gasteiger partial charge on any atom is -0.491 e. The first kappa shape index (κ1) is 25.4. The van der Waals surface area contributed by atoms with Gasteiger partial charge in [-0.1, -0.05) is 36.4 Å². The van der Waals surface area contributed by atoms with Crippen molar-refractivity contribution >= 4 is 21.5 Å². The van der Waals surface area contributed by atoms with Crippen LogP contribution >= 0.6 is 0 Å². The van der Waals surface area contributed by atoms with Crippen molar-refractivity contribution in [3.05, 3.63) is 101 Å². The number of ether oxygens (including phenoxy) is 1. The fraction of sp³-hybridized carbons (Fsp3) is 0.0370. The molecule has 0 spiro atoms. The zero-order chi connectivity index (χ0) is 27.6. The predicted molar refractivity (Wildman–Crippen MR) is 118 cm³/mol. The summed E-state index contributed by atoms with van der Waals surface area (Å²) in [6, 6.07) is 7.46. The Morgan fingerprint density at radius 2 is 0.842 bits per heavy atom. The Hall–Kier alpha value is -4.28. The standard InChI is InChI=1S/C27H10F10O/c1-38-27-25(36)20(31)16(21(32)26(27)37)13-9-5-2-3-6-10(9)15(14-11(13)7-4-8-12(14)28)17-18(29)22(33)24(35)23(34)19(17)30/h2-8H,1H3. The highest BCUT2D eigenvalue weighted by Crippen LogP contribution is 2.48. The van der Waals surface area contributed by atoms with E-state index in [1.54, 1.807) is 0 Å². The van der Waals surface area contributed by atoms with E-state index in [2.05, 4.69) is 4.74 Å². The molecule has 0 heterocycles. The first-order chi connectivity index (χ1) is 18.0. The van der Waals surface area contributed by atoms with E-state index >= 15 is 13.2 Å². The zero-order valence-electron chi connectivity index (χ0n) is 18.7. The van der Waals surface area contributed by atoms with Crippen molar-refractivity contribution in [2.24, 2.45) is 0 Å². The summed E-state index contributed by atoms with van der Waals surface area (Å²) in [6.45, 7) is 0. The molecule has 11 heteroatoms. The van der Waals surface area contributed by atoms with Crippen LogP contribution in [-0.2, 0) is 0 Å². The molecule has 5 aromatic carbocycles. The molecule has 38 heavy (non-hydrogen) atoms. The quantitative estimate of drug-likeness (QED) is 0.0963. The summed E-state index contributed by atoms with van der Waals surface area (Å²) in [4.78, 5) is 0. The van der Waals surface area contributed by atoms with Gasteiger partial charge >= 0.3 is 0 Å². The Balaban J connectivity index is 2.10. The van der Waals surface area contributed by atoms with Gasteiger partial charge in [-0.2, -0.15) is 8.78 Å². The minimum atomic E-state index is -2.46. The monoisotopic (exact) mass is 540 g/mol. The molecule has 0 radical (unpaired) electrons. The van der Waals surface area contributed by atoms with Crippen LogP contribution in [0.4, 0.5) is 43.9 Å². The molecule has 5 rings (SSSR count). The molecule has 0 aliphatic rings. The molecule has 0 bridgehead atoms. The van der Waals surface area contributed by atoms with E-state index in [0.29, 0.717) is 0 Å². The average Bonchev–Trinajstić information content (AvgIpc) is 2.91. The topological polar surface area (TPSA) is 9.23 Å². The van der Waals surface area contributed by atoms with Gasteiger partial charge in [0.1, 0.15) is 5.82 Å². The predicted octanol–water partition coefficient (Wildman–Crippen LogP) is 8.73. The van der Waals surface area contributed by atoms with Crippen LogP contribution in [0.3, 0.4) is 0 Å². The number of rotatable bonds is 3. The zero-order valence-corrected chi connectivity index (χ0v) is 18.7. The van der Waals surface area contributed by atoms with Crippen molar-refractivity contribution in [3.8, 4) is 28.0 Å². The van der Waals surface area contributed by atoms with Crippen molar-refractivity contribution in [2.45, 2.75) is 0 Å². The second-order valence-corrected chi connectivity index (χ2v) is 8.07. The first-order valence-corrected chi connectivity index (χ1v) is 10.6. The van der Waals surface area contributed by atoms with Crippen LogP contribution < -0.4 is 4.74 Å². The SMILES string of the molecule is COc1c(F)c(F)c(-c2c3ccccc3c(-c3c(F)c(F)c(F)c(F)c3F)c3c(F)cccc23)c(F)c1F. The fourth-order valence-corrected chi connectivity index (χ4v) is 4.55. The molecule has 194 valence electrons. The summed E-state index contributed by atoms with van der Waals surface area (Å²) in [7, 11) is 0.763. The van der Waals surface area contributed by atoms with E-state index in [9.17, 15) is 30.7 Å². The third-order valence-corrected chi connectivity index (χ3v) is 6.14. The van der Waals surface area contributed by atoms with Crippen LogP contribution in [0.1, 0.15) is 0 Å². The summed E-state index contributed by atoms with van der Waals surface area (Å²) >= 11 is 0.